The van der Waals surface area contributed by atoms with Crippen LogP contribution in [0.1, 0.15) is 34.4 Å². The Labute approximate surface area is 334 Å². The molecule has 5 amide bonds. The van der Waals surface area contributed by atoms with Crippen LogP contribution >= 0.6 is 11.3 Å². The van der Waals surface area contributed by atoms with Crippen LogP contribution in [0.5, 0.6) is 0 Å². The number of nitrogens with zero attached hydrogens (tertiary/aromatic N) is 1. The summed E-state index contributed by atoms with van der Waals surface area (Å²) in [6.45, 7) is 1.60. The Hall–Kier alpha value is -6.67. The molecular weight excluding hydrogens is 745 g/mol. The fraction of sp³-hybridized carbons (Fsp3) is 0.233. The van der Waals surface area contributed by atoms with Gasteiger partial charge in [0.1, 0.15) is 18.1 Å². The van der Waals surface area contributed by atoms with E-state index in [0.717, 1.165) is 4.88 Å². The van der Waals surface area contributed by atoms with Gasteiger partial charge in [0.15, 0.2) is 0 Å². The number of carboxylic acids is 1. The molecule has 0 unspecified atom stereocenters. The standard InChI is InChI=1S/C30H32N6O7S.C13H12/c37-25-9-10-26(38)34-23(15-21-4-2-12-44-21)28(40)32-17-27(39)35-22(14-19-3-1-11-31-16-19)29(41)36-24(30(42)43)13-18-5-7-20(33-25)8-6-18;1-11-7-9-13(10-8-11)12-5-3-2-4-6-12/h1-8,11-12,16,22-24H,9-10,13-15,17H2,(H,32,40)(H,33,37)(H,34,38)(H,35,39)(H,36,41)(H,42,43);2-10H,1H3/t22-,23+,24-;/m0./s1. The number of thiophene rings is 1. The quantitative estimate of drug-likeness (QED) is 0.138. The van der Waals surface area contributed by atoms with Crippen LogP contribution in [0.2, 0.25) is 0 Å². The molecule has 0 radical (unpaired) electrons. The number of pyridine rings is 1. The number of rotatable bonds is 6. The van der Waals surface area contributed by atoms with E-state index in [4.69, 9.17) is 0 Å². The number of hydrogen-bond donors (Lipinski definition) is 6. The van der Waals surface area contributed by atoms with Crippen molar-refractivity contribution in [2.75, 3.05) is 11.9 Å². The van der Waals surface area contributed by atoms with E-state index in [1.165, 1.54) is 34.2 Å². The number of benzene rings is 3. The summed E-state index contributed by atoms with van der Waals surface area (Å²) in [5.41, 5.74) is 5.50. The van der Waals surface area contributed by atoms with Gasteiger partial charge in [-0.1, -0.05) is 84.4 Å². The highest BCUT2D eigenvalue weighted by Gasteiger charge is 2.28. The third-order valence-electron chi connectivity index (χ3n) is 8.90. The Kier molecular flexibility index (Phi) is 15.2. The van der Waals surface area contributed by atoms with Crippen LogP contribution in [0.15, 0.2) is 121 Å². The summed E-state index contributed by atoms with van der Waals surface area (Å²) in [5.74, 6) is -4.29. The lowest BCUT2D eigenvalue weighted by Crippen LogP contribution is -2.55. The van der Waals surface area contributed by atoms with Crippen molar-refractivity contribution in [3.05, 3.63) is 142 Å². The van der Waals surface area contributed by atoms with Gasteiger partial charge in [-0.2, -0.15) is 0 Å². The predicted molar refractivity (Wildman–Crippen MR) is 217 cm³/mol. The summed E-state index contributed by atoms with van der Waals surface area (Å²) >= 11 is 1.40. The van der Waals surface area contributed by atoms with Crippen LogP contribution in [0.3, 0.4) is 0 Å². The number of anilines is 1. The monoisotopic (exact) mass is 788 g/mol. The zero-order valence-corrected chi connectivity index (χ0v) is 32.1. The van der Waals surface area contributed by atoms with Crippen molar-refractivity contribution in [3.8, 4) is 11.1 Å². The molecule has 2 aliphatic rings. The third-order valence-corrected chi connectivity index (χ3v) is 9.80. The molecule has 2 aromatic heterocycles. The van der Waals surface area contributed by atoms with E-state index < -0.39 is 60.2 Å². The first-order valence-corrected chi connectivity index (χ1v) is 19.2. The number of carbonyl (C=O) groups is 6. The van der Waals surface area contributed by atoms with Crippen molar-refractivity contribution in [3.63, 3.8) is 0 Å². The van der Waals surface area contributed by atoms with Gasteiger partial charge in [-0.25, -0.2) is 4.79 Å². The second kappa shape index (κ2) is 20.9. The number of amides is 5. The average molecular weight is 789 g/mol. The van der Waals surface area contributed by atoms with Gasteiger partial charge in [0.2, 0.25) is 29.5 Å². The molecule has 3 aromatic carbocycles. The zero-order valence-electron chi connectivity index (χ0n) is 31.3. The first-order chi connectivity index (χ1) is 27.5. The third kappa shape index (κ3) is 13.5. The van der Waals surface area contributed by atoms with E-state index in [9.17, 15) is 33.9 Å². The van der Waals surface area contributed by atoms with Crippen molar-refractivity contribution in [1.82, 2.24) is 26.3 Å². The van der Waals surface area contributed by atoms with Crippen LogP contribution in [-0.2, 0) is 48.0 Å². The number of nitrogens with one attached hydrogen (secondary N) is 5. The molecule has 0 fully saturated rings. The molecule has 2 aliphatic heterocycles. The maximum atomic E-state index is 13.3. The van der Waals surface area contributed by atoms with Gasteiger partial charge in [-0.3, -0.25) is 29.0 Å². The topological polar surface area (TPSA) is 196 Å². The summed E-state index contributed by atoms with van der Waals surface area (Å²) in [6, 6.07) is 28.9. The maximum absolute atomic E-state index is 13.3. The molecule has 6 N–H and O–H groups in total. The largest absolute Gasteiger partial charge is 0.480 e. The van der Waals surface area contributed by atoms with Gasteiger partial charge in [-0.15, -0.1) is 11.3 Å². The highest BCUT2D eigenvalue weighted by atomic mass is 32.1. The van der Waals surface area contributed by atoms with Crippen molar-refractivity contribution in [1.29, 1.82) is 0 Å². The van der Waals surface area contributed by atoms with Crippen molar-refractivity contribution in [2.45, 2.75) is 57.2 Å². The van der Waals surface area contributed by atoms with Crippen LogP contribution < -0.4 is 26.6 Å². The molecule has 13 nitrogen and oxygen atoms in total. The molecule has 0 aliphatic carbocycles. The first-order valence-electron chi connectivity index (χ1n) is 18.3. The highest BCUT2D eigenvalue weighted by Crippen LogP contribution is 2.19. The van der Waals surface area contributed by atoms with E-state index in [1.54, 1.807) is 54.7 Å². The molecule has 0 saturated carbocycles. The summed E-state index contributed by atoms with van der Waals surface area (Å²) in [4.78, 5) is 81.5. The van der Waals surface area contributed by atoms with Gasteiger partial charge in [0.05, 0.1) is 6.54 Å². The van der Waals surface area contributed by atoms with E-state index in [2.05, 4.69) is 87.0 Å². The molecule has 0 spiro atoms. The van der Waals surface area contributed by atoms with E-state index in [0.29, 0.717) is 16.8 Å². The van der Waals surface area contributed by atoms with Gasteiger partial charge >= 0.3 is 5.97 Å². The number of fused-ring (bicyclic) bond motifs is 18. The number of carbonyl (C=O) groups excluding carboxylic acids is 5. The SMILES string of the molecule is Cc1ccc(-c2ccccc2)cc1.O=C1CCC(=O)N[C@H](Cc2cccs2)C(=O)NCC(=O)N[C@@H](Cc2cccnc2)C(=O)N[C@H](C(=O)O)Cc2ccc(cc2)N1. The molecule has 57 heavy (non-hydrogen) atoms. The fourth-order valence-electron chi connectivity index (χ4n) is 5.86. The fourth-order valence-corrected chi connectivity index (χ4v) is 6.62. The van der Waals surface area contributed by atoms with Crippen LogP contribution in [0, 0.1) is 6.92 Å². The van der Waals surface area contributed by atoms with Gasteiger partial charge in [0.25, 0.3) is 0 Å². The van der Waals surface area contributed by atoms with Crippen molar-refractivity contribution >= 4 is 52.5 Å². The van der Waals surface area contributed by atoms with E-state index in [1.807, 2.05) is 11.4 Å². The Balaban J connectivity index is 0.000000400. The first kappa shape index (κ1) is 41.5. The molecule has 5 aromatic rings. The zero-order chi connectivity index (χ0) is 40.6. The highest BCUT2D eigenvalue weighted by molar-refractivity contribution is 7.09. The van der Waals surface area contributed by atoms with E-state index in [-0.39, 0.29) is 32.1 Å². The molecule has 4 heterocycles. The Bertz CT molecular complexity index is 2110. The summed E-state index contributed by atoms with van der Waals surface area (Å²) in [5, 5.41) is 24.6. The minimum absolute atomic E-state index is 0.0111. The number of hydrogen-bond acceptors (Lipinski definition) is 8. The van der Waals surface area contributed by atoms with E-state index >= 15 is 0 Å². The lowest BCUT2D eigenvalue weighted by Gasteiger charge is -2.22. The molecular formula is C43H44N6O7S. The summed E-state index contributed by atoms with van der Waals surface area (Å²) in [7, 11) is 0. The molecule has 294 valence electrons. The second-order valence-corrected chi connectivity index (χ2v) is 14.4. The minimum Gasteiger partial charge on any atom is -0.480 e. The van der Waals surface area contributed by atoms with Crippen LogP contribution in [-0.4, -0.2) is 70.3 Å². The average Bonchev–Trinajstić information content (AvgIpc) is 3.73. The number of aliphatic carboxylic acids is 1. The summed E-state index contributed by atoms with van der Waals surface area (Å²) in [6.07, 6.45) is 2.86. The Morgan fingerprint density at radius 2 is 1.40 bits per heavy atom. The Morgan fingerprint density at radius 3 is 2.07 bits per heavy atom. The van der Waals surface area contributed by atoms with Crippen molar-refractivity contribution < 1.29 is 33.9 Å². The molecule has 0 saturated heterocycles. The lowest BCUT2D eigenvalue weighted by atomic mass is 10.0. The van der Waals surface area contributed by atoms with Crippen LogP contribution in [0.25, 0.3) is 11.1 Å². The van der Waals surface area contributed by atoms with Gasteiger partial charge in [0, 0.05) is 55.1 Å². The van der Waals surface area contributed by atoms with Gasteiger partial charge < -0.3 is 31.7 Å². The number of aryl methyl sites for hydroxylation is 1. The smallest absolute Gasteiger partial charge is 0.326 e. The second-order valence-electron chi connectivity index (χ2n) is 13.4. The molecule has 2 bridgehead atoms. The predicted octanol–water partition coefficient (Wildman–Crippen LogP) is 4.22. The van der Waals surface area contributed by atoms with Crippen molar-refractivity contribution in [2.24, 2.45) is 0 Å². The number of carboxylic acid groups (broad SMARTS) is 1. The number of aromatic nitrogens is 1. The van der Waals surface area contributed by atoms with Crippen LogP contribution in [0.4, 0.5) is 5.69 Å². The molecule has 3 atom stereocenters. The normalized spacial score (nSPS) is 18.3. The lowest BCUT2D eigenvalue weighted by molar-refractivity contribution is -0.142. The molecule has 14 heteroatoms. The molecule has 7 rings (SSSR count). The minimum atomic E-state index is -1.32. The maximum Gasteiger partial charge on any atom is 0.326 e. The Morgan fingerprint density at radius 1 is 0.719 bits per heavy atom. The summed E-state index contributed by atoms with van der Waals surface area (Å²) < 4.78 is 0. The van der Waals surface area contributed by atoms with Gasteiger partial charge in [-0.05, 0) is 58.8 Å².